The molecule has 0 heterocycles. The third kappa shape index (κ3) is 7.58. The van der Waals surface area contributed by atoms with Crippen molar-refractivity contribution in [2.45, 2.75) is 55.9 Å². The third-order valence-electron chi connectivity index (χ3n) is 4.64. The van der Waals surface area contributed by atoms with Crippen LogP contribution in [-0.4, -0.2) is 47.2 Å². The first-order chi connectivity index (χ1) is 13.4. The van der Waals surface area contributed by atoms with Crippen molar-refractivity contribution < 1.29 is 22.7 Å². The zero-order chi connectivity index (χ0) is 20.4. The lowest BCUT2D eigenvalue weighted by Gasteiger charge is -2.21. The predicted molar refractivity (Wildman–Crippen MR) is 108 cm³/mol. The van der Waals surface area contributed by atoms with Crippen LogP contribution in [0.1, 0.15) is 44.9 Å². The minimum absolute atomic E-state index is 0.0277. The van der Waals surface area contributed by atoms with Gasteiger partial charge in [0.05, 0.1) is 16.5 Å². The number of methoxy groups -OCH3 is 1. The van der Waals surface area contributed by atoms with E-state index in [-0.39, 0.29) is 47.4 Å². The number of benzene rings is 1. The third-order valence-corrected chi connectivity index (χ3v) is 6.40. The van der Waals surface area contributed by atoms with Crippen molar-refractivity contribution in [2.75, 3.05) is 26.9 Å². The molecular weight excluding hydrogens is 404 g/mol. The molecule has 0 aliphatic heterocycles. The molecule has 0 atom stereocenters. The second-order valence-corrected chi connectivity index (χ2v) is 9.06. The normalized spacial score (nSPS) is 16.2. The summed E-state index contributed by atoms with van der Waals surface area (Å²) in [6, 6.07) is 4.34. The van der Waals surface area contributed by atoms with Crippen molar-refractivity contribution in [3.8, 4) is 5.75 Å². The summed E-state index contributed by atoms with van der Waals surface area (Å²) < 4.78 is 37.1. The molecule has 2 rings (SSSR count). The Morgan fingerprint density at radius 3 is 2.50 bits per heavy atom. The number of carbonyl (C=O) groups is 1. The van der Waals surface area contributed by atoms with E-state index in [4.69, 9.17) is 21.1 Å². The highest BCUT2D eigenvalue weighted by Crippen LogP contribution is 2.27. The maximum absolute atomic E-state index is 12.2. The molecule has 0 saturated heterocycles. The van der Waals surface area contributed by atoms with Crippen LogP contribution in [0.25, 0.3) is 0 Å². The summed E-state index contributed by atoms with van der Waals surface area (Å²) in [7, 11) is -2.19. The van der Waals surface area contributed by atoms with Gasteiger partial charge in [-0.05, 0) is 31.0 Å². The highest BCUT2D eigenvalue weighted by Gasteiger charge is 2.17. The number of nitrogens with one attached hydrogen (secondary N) is 2. The largest absolute Gasteiger partial charge is 0.482 e. The smallest absolute Gasteiger partial charge is 0.258 e. The van der Waals surface area contributed by atoms with Gasteiger partial charge in [-0.3, -0.25) is 4.79 Å². The minimum atomic E-state index is -3.68. The Morgan fingerprint density at radius 2 is 1.86 bits per heavy atom. The quantitative estimate of drug-likeness (QED) is 0.585. The summed E-state index contributed by atoms with van der Waals surface area (Å²) in [6.45, 7) is 0.273. The zero-order valence-corrected chi connectivity index (χ0v) is 17.8. The molecule has 0 bridgehead atoms. The fourth-order valence-corrected chi connectivity index (χ4v) is 4.48. The van der Waals surface area contributed by atoms with Crippen molar-refractivity contribution in [2.24, 2.45) is 0 Å². The second kappa shape index (κ2) is 11.6. The molecule has 2 N–H and O–H groups in total. The number of ether oxygens (including phenoxy) is 2. The Kier molecular flexibility index (Phi) is 9.50. The van der Waals surface area contributed by atoms with Crippen molar-refractivity contribution in [3.63, 3.8) is 0 Å². The van der Waals surface area contributed by atoms with E-state index in [2.05, 4.69) is 10.0 Å². The Morgan fingerprint density at radius 1 is 1.18 bits per heavy atom. The van der Waals surface area contributed by atoms with Crippen molar-refractivity contribution in [1.82, 2.24) is 10.0 Å². The number of rotatable bonds is 9. The van der Waals surface area contributed by atoms with Crippen LogP contribution >= 0.6 is 11.6 Å². The molecular formula is C19H29ClN2O5S. The van der Waals surface area contributed by atoms with Gasteiger partial charge >= 0.3 is 0 Å². The van der Waals surface area contributed by atoms with E-state index < -0.39 is 10.0 Å². The molecule has 9 heteroatoms. The molecule has 1 amide bonds. The summed E-state index contributed by atoms with van der Waals surface area (Å²) in [6.07, 6.45) is 7.96. The van der Waals surface area contributed by atoms with Crippen LogP contribution < -0.4 is 14.8 Å². The molecule has 0 unspecified atom stereocenters. The Hall–Kier alpha value is -1.35. The molecule has 0 aromatic heterocycles. The number of halogens is 1. The van der Waals surface area contributed by atoms with Crippen LogP contribution in [0.4, 0.5) is 0 Å². The molecule has 1 aliphatic rings. The predicted octanol–water partition coefficient (Wildman–Crippen LogP) is 2.87. The molecule has 1 aromatic carbocycles. The van der Waals surface area contributed by atoms with Crippen molar-refractivity contribution >= 4 is 27.5 Å². The summed E-state index contributed by atoms with van der Waals surface area (Å²) in [5.41, 5.74) is 0. The van der Waals surface area contributed by atoms with Gasteiger partial charge in [0.15, 0.2) is 6.61 Å². The van der Waals surface area contributed by atoms with Gasteiger partial charge in [-0.1, -0.05) is 43.7 Å². The van der Waals surface area contributed by atoms with Crippen molar-refractivity contribution in [1.29, 1.82) is 0 Å². The van der Waals surface area contributed by atoms with Crippen LogP contribution in [0.5, 0.6) is 5.75 Å². The van der Waals surface area contributed by atoms with E-state index in [0.29, 0.717) is 0 Å². The summed E-state index contributed by atoms with van der Waals surface area (Å²) in [4.78, 5) is 12.2. The summed E-state index contributed by atoms with van der Waals surface area (Å²) in [5.74, 6) is 0.0740. The van der Waals surface area contributed by atoms with E-state index >= 15 is 0 Å². The van der Waals surface area contributed by atoms with Crippen LogP contribution in [0, 0.1) is 0 Å². The van der Waals surface area contributed by atoms with Gasteiger partial charge in [0.25, 0.3) is 5.91 Å². The maximum Gasteiger partial charge on any atom is 0.258 e. The molecule has 7 nitrogen and oxygen atoms in total. The first kappa shape index (κ1) is 22.9. The van der Waals surface area contributed by atoms with E-state index in [1.807, 2.05) is 0 Å². The van der Waals surface area contributed by atoms with Gasteiger partial charge in [-0.15, -0.1) is 0 Å². The van der Waals surface area contributed by atoms with Gasteiger partial charge in [-0.2, -0.15) is 0 Å². The number of hydrogen-bond acceptors (Lipinski definition) is 5. The van der Waals surface area contributed by atoms with Gasteiger partial charge in [-0.25, -0.2) is 13.1 Å². The highest BCUT2D eigenvalue weighted by molar-refractivity contribution is 7.89. The van der Waals surface area contributed by atoms with Crippen LogP contribution in [-0.2, 0) is 19.6 Å². The van der Waals surface area contributed by atoms with Gasteiger partial charge < -0.3 is 14.8 Å². The van der Waals surface area contributed by atoms with Crippen molar-refractivity contribution in [3.05, 3.63) is 23.2 Å². The molecule has 1 aromatic rings. The first-order valence-electron chi connectivity index (χ1n) is 9.62. The average Bonchev–Trinajstić information content (AvgIpc) is 2.63. The minimum Gasteiger partial charge on any atom is -0.482 e. The maximum atomic E-state index is 12.2. The number of amides is 1. The van der Waals surface area contributed by atoms with E-state index in [9.17, 15) is 13.2 Å². The lowest BCUT2D eigenvalue weighted by atomic mass is 9.97. The summed E-state index contributed by atoms with van der Waals surface area (Å²) in [5, 5.41) is 3.15. The molecule has 158 valence electrons. The lowest BCUT2D eigenvalue weighted by Crippen LogP contribution is -2.38. The monoisotopic (exact) mass is 432 g/mol. The fourth-order valence-electron chi connectivity index (χ4n) is 3.14. The average molecular weight is 433 g/mol. The number of hydrogen-bond donors (Lipinski definition) is 2. The number of carbonyl (C=O) groups excluding carboxylic acids is 1. The Balaban J connectivity index is 1.87. The summed E-state index contributed by atoms with van der Waals surface area (Å²) >= 11 is 6.14. The van der Waals surface area contributed by atoms with Crippen LogP contribution in [0.15, 0.2) is 23.1 Å². The second-order valence-electron chi connectivity index (χ2n) is 6.88. The van der Waals surface area contributed by atoms with Crippen LogP contribution in [0.3, 0.4) is 0 Å². The lowest BCUT2D eigenvalue weighted by molar-refractivity contribution is -0.123. The number of sulfonamides is 1. The molecule has 0 radical (unpaired) electrons. The fraction of sp³-hybridized carbons (Fsp3) is 0.632. The molecule has 1 aliphatic carbocycles. The van der Waals surface area contributed by atoms with Gasteiger partial charge in [0, 0.05) is 19.7 Å². The van der Waals surface area contributed by atoms with E-state index in [1.54, 1.807) is 0 Å². The highest BCUT2D eigenvalue weighted by atomic mass is 35.5. The SMILES string of the molecule is COCCNS(=O)(=O)c1ccc(OCC(=O)NC2CCCCCCC2)c(Cl)c1. The topological polar surface area (TPSA) is 93.7 Å². The van der Waals surface area contributed by atoms with E-state index in [1.165, 1.54) is 44.6 Å². The van der Waals surface area contributed by atoms with Gasteiger partial charge in [0.1, 0.15) is 5.75 Å². The molecule has 1 saturated carbocycles. The Labute approximate surface area is 172 Å². The zero-order valence-electron chi connectivity index (χ0n) is 16.2. The van der Waals surface area contributed by atoms with Gasteiger partial charge in [0.2, 0.25) is 10.0 Å². The molecule has 0 spiro atoms. The van der Waals surface area contributed by atoms with E-state index in [0.717, 1.165) is 25.7 Å². The first-order valence-corrected chi connectivity index (χ1v) is 11.5. The standard InChI is InChI=1S/C19H29ClN2O5S/c1-26-12-11-21-28(24,25)16-9-10-18(17(20)13-16)27-14-19(23)22-15-7-5-3-2-4-6-8-15/h9-10,13,15,21H,2-8,11-12,14H2,1H3,(H,22,23). The van der Waals surface area contributed by atoms with Crippen LogP contribution in [0.2, 0.25) is 5.02 Å². The molecule has 1 fully saturated rings. The Bertz CT molecular complexity index is 734. The molecule has 28 heavy (non-hydrogen) atoms.